The van der Waals surface area contributed by atoms with Gasteiger partial charge in [-0.2, -0.15) is 0 Å². The van der Waals surface area contributed by atoms with Gasteiger partial charge in [-0.25, -0.2) is 0 Å². The number of benzene rings is 3. The Labute approximate surface area is 151 Å². The molecule has 0 amide bonds. The van der Waals surface area contributed by atoms with Gasteiger partial charge in [0.1, 0.15) is 23.9 Å². The first-order valence-corrected chi connectivity index (χ1v) is 8.13. The first-order chi connectivity index (χ1) is 12.6. The fourth-order valence-corrected chi connectivity index (χ4v) is 2.47. The van der Waals surface area contributed by atoms with Crippen molar-refractivity contribution in [3.05, 3.63) is 95.6 Å². The molecule has 0 saturated carbocycles. The van der Waals surface area contributed by atoms with Gasteiger partial charge in [0.05, 0.1) is 5.56 Å². The van der Waals surface area contributed by atoms with Crippen LogP contribution in [-0.2, 0) is 6.61 Å². The summed E-state index contributed by atoms with van der Waals surface area (Å²) in [6, 6.07) is 21.1. The molecule has 0 radical (unpaired) electrons. The van der Waals surface area contributed by atoms with Crippen molar-refractivity contribution in [1.29, 1.82) is 0 Å². The van der Waals surface area contributed by atoms with Gasteiger partial charge in [-0.05, 0) is 35.9 Å². The summed E-state index contributed by atoms with van der Waals surface area (Å²) in [7, 11) is 0. The number of hydrogen-bond donors (Lipinski definition) is 2. The van der Waals surface area contributed by atoms with Crippen LogP contribution in [0.25, 0.3) is 6.08 Å². The first-order valence-electron chi connectivity index (χ1n) is 8.13. The van der Waals surface area contributed by atoms with Crippen molar-refractivity contribution < 1.29 is 19.7 Å². The summed E-state index contributed by atoms with van der Waals surface area (Å²) < 4.78 is 5.86. The molecule has 0 aliphatic heterocycles. The van der Waals surface area contributed by atoms with Crippen molar-refractivity contribution in [3.63, 3.8) is 0 Å². The van der Waals surface area contributed by atoms with Gasteiger partial charge < -0.3 is 14.9 Å². The number of carbonyl (C=O) groups excluding carboxylic acids is 1. The highest BCUT2D eigenvalue weighted by Gasteiger charge is 2.09. The minimum atomic E-state index is -0.361. The average Bonchev–Trinajstić information content (AvgIpc) is 2.66. The zero-order valence-electron chi connectivity index (χ0n) is 14.0. The third-order valence-electron chi connectivity index (χ3n) is 3.82. The van der Waals surface area contributed by atoms with Crippen molar-refractivity contribution in [2.75, 3.05) is 0 Å². The van der Waals surface area contributed by atoms with Crippen LogP contribution in [0, 0.1) is 0 Å². The summed E-state index contributed by atoms with van der Waals surface area (Å²) in [5.74, 6) is -0.0494. The number of allylic oxidation sites excluding steroid dienone is 1. The van der Waals surface area contributed by atoms with Gasteiger partial charge in [0.2, 0.25) is 0 Å². The second-order valence-corrected chi connectivity index (χ2v) is 5.71. The molecule has 0 heterocycles. The van der Waals surface area contributed by atoms with Crippen molar-refractivity contribution in [3.8, 4) is 17.2 Å². The molecule has 4 nitrogen and oxygen atoms in total. The lowest BCUT2D eigenvalue weighted by Gasteiger charge is -2.09. The van der Waals surface area contributed by atoms with Crippen molar-refractivity contribution in [1.82, 2.24) is 0 Å². The highest BCUT2D eigenvalue weighted by molar-refractivity contribution is 6.08. The first kappa shape index (κ1) is 17.3. The Kier molecular flexibility index (Phi) is 5.34. The SMILES string of the molecule is O=C(C=Cc1ccccc1OCc1ccccc1)c1ccc(O)cc1O. The van der Waals surface area contributed by atoms with Crippen LogP contribution in [0.1, 0.15) is 21.5 Å². The molecule has 0 bridgehead atoms. The predicted octanol–water partition coefficient (Wildman–Crippen LogP) is 4.57. The number of aromatic hydroxyl groups is 2. The number of para-hydroxylation sites is 1. The van der Waals surface area contributed by atoms with E-state index >= 15 is 0 Å². The van der Waals surface area contributed by atoms with E-state index in [0.717, 1.165) is 17.2 Å². The quantitative estimate of drug-likeness (QED) is 0.507. The summed E-state index contributed by atoms with van der Waals surface area (Å²) in [4.78, 5) is 12.3. The minimum Gasteiger partial charge on any atom is -0.508 e. The fourth-order valence-electron chi connectivity index (χ4n) is 2.47. The maximum atomic E-state index is 12.3. The van der Waals surface area contributed by atoms with Gasteiger partial charge in [-0.15, -0.1) is 0 Å². The Balaban J connectivity index is 1.75. The van der Waals surface area contributed by atoms with E-state index in [4.69, 9.17) is 4.74 Å². The molecule has 0 spiro atoms. The highest BCUT2D eigenvalue weighted by Crippen LogP contribution is 2.25. The molecular weight excluding hydrogens is 328 g/mol. The van der Waals surface area contributed by atoms with E-state index in [9.17, 15) is 15.0 Å². The lowest BCUT2D eigenvalue weighted by atomic mass is 10.1. The normalized spacial score (nSPS) is 10.8. The maximum absolute atomic E-state index is 12.3. The fraction of sp³-hybridized carbons (Fsp3) is 0.0455. The monoisotopic (exact) mass is 346 g/mol. The number of ketones is 1. The van der Waals surface area contributed by atoms with E-state index in [2.05, 4.69) is 0 Å². The summed E-state index contributed by atoms with van der Waals surface area (Å²) >= 11 is 0. The van der Waals surface area contributed by atoms with Crippen LogP contribution in [0.4, 0.5) is 0 Å². The second kappa shape index (κ2) is 8.03. The molecule has 3 aromatic carbocycles. The van der Waals surface area contributed by atoms with Crippen LogP contribution < -0.4 is 4.74 Å². The molecule has 0 aliphatic carbocycles. The molecule has 26 heavy (non-hydrogen) atoms. The molecule has 4 heteroatoms. The topological polar surface area (TPSA) is 66.8 Å². The summed E-state index contributed by atoms with van der Waals surface area (Å²) in [6.45, 7) is 0.429. The van der Waals surface area contributed by atoms with Gasteiger partial charge >= 0.3 is 0 Å². The lowest BCUT2D eigenvalue weighted by Crippen LogP contribution is -1.97. The number of phenolic OH excluding ortho intramolecular Hbond substituents is 2. The molecule has 0 aromatic heterocycles. The number of ether oxygens (including phenoxy) is 1. The van der Waals surface area contributed by atoms with E-state index in [1.807, 2.05) is 54.6 Å². The van der Waals surface area contributed by atoms with E-state index in [0.29, 0.717) is 12.4 Å². The molecule has 3 aromatic rings. The average molecular weight is 346 g/mol. The Bertz CT molecular complexity index is 930. The van der Waals surface area contributed by atoms with Crippen LogP contribution in [0.15, 0.2) is 78.9 Å². The van der Waals surface area contributed by atoms with Crippen molar-refractivity contribution in [2.45, 2.75) is 6.61 Å². The van der Waals surface area contributed by atoms with E-state index in [-0.39, 0.29) is 22.8 Å². The number of hydrogen-bond acceptors (Lipinski definition) is 4. The third kappa shape index (κ3) is 4.30. The number of phenols is 2. The summed E-state index contributed by atoms with van der Waals surface area (Å²) in [6.07, 6.45) is 3.02. The summed E-state index contributed by atoms with van der Waals surface area (Å²) in [5.41, 5.74) is 1.94. The van der Waals surface area contributed by atoms with Crippen molar-refractivity contribution >= 4 is 11.9 Å². The molecule has 0 saturated heterocycles. The Morgan fingerprint density at radius 1 is 0.923 bits per heavy atom. The molecule has 2 N–H and O–H groups in total. The van der Waals surface area contributed by atoms with Gasteiger partial charge in [-0.1, -0.05) is 48.5 Å². The lowest BCUT2D eigenvalue weighted by molar-refractivity contribution is 0.104. The molecule has 0 unspecified atom stereocenters. The zero-order chi connectivity index (χ0) is 18.4. The van der Waals surface area contributed by atoms with Crippen LogP contribution in [0.5, 0.6) is 17.2 Å². The van der Waals surface area contributed by atoms with Crippen LogP contribution in [0.2, 0.25) is 0 Å². The maximum Gasteiger partial charge on any atom is 0.189 e. The highest BCUT2D eigenvalue weighted by atomic mass is 16.5. The Morgan fingerprint density at radius 3 is 2.42 bits per heavy atom. The molecule has 0 atom stereocenters. The minimum absolute atomic E-state index is 0.0947. The van der Waals surface area contributed by atoms with E-state index in [1.54, 1.807) is 6.08 Å². The molecule has 0 fully saturated rings. The van der Waals surface area contributed by atoms with E-state index in [1.165, 1.54) is 18.2 Å². The van der Waals surface area contributed by atoms with Crippen LogP contribution >= 0.6 is 0 Å². The summed E-state index contributed by atoms with van der Waals surface area (Å²) in [5, 5.41) is 19.1. The van der Waals surface area contributed by atoms with Crippen LogP contribution in [0.3, 0.4) is 0 Å². The van der Waals surface area contributed by atoms with Gasteiger partial charge in [-0.3, -0.25) is 4.79 Å². The van der Waals surface area contributed by atoms with E-state index < -0.39 is 0 Å². The molecule has 0 aliphatic rings. The largest absolute Gasteiger partial charge is 0.508 e. The molecule has 3 rings (SSSR count). The van der Waals surface area contributed by atoms with Gasteiger partial charge in [0.15, 0.2) is 5.78 Å². The standard InChI is InChI=1S/C22H18O4/c23-18-11-12-19(21(25)14-18)20(24)13-10-17-8-4-5-9-22(17)26-15-16-6-2-1-3-7-16/h1-14,23,25H,15H2. The smallest absolute Gasteiger partial charge is 0.189 e. The van der Waals surface area contributed by atoms with Gasteiger partial charge in [0, 0.05) is 11.6 Å². The predicted molar refractivity (Wildman–Crippen MR) is 100 cm³/mol. The third-order valence-corrected chi connectivity index (χ3v) is 3.82. The van der Waals surface area contributed by atoms with Gasteiger partial charge in [0.25, 0.3) is 0 Å². The number of carbonyl (C=O) groups is 1. The Morgan fingerprint density at radius 2 is 1.65 bits per heavy atom. The molecular formula is C22H18O4. The molecule has 130 valence electrons. The van der Waals surface area contributed by atoms with Crippen molar-refractivity contribution in [2.24, 2.45) is 0 Å². The number of rotatable bonds is 6. The van der Waals surface area contributed by atoms with Crippen LogP contribution in [-0.4, -0.2) is 16.0 Å². The zero-order valence-corrected chi connectivity index (χ0v) is 14.0. The second-order valence-electron chi connectivity index (χ2n) is 5.71. The Hall–Kier alpha value is -3.53.